The number of pyridine rings is 1. The van der Waals surface area contributed by atoms with E-state index in [0.717, 1.165) is 39.2 Å². The largest absolute Gasteiger partial charge is 0.496 e. The van der Waals surface area contributed by atoms with Gasteiger partial charge in [-0.25, -0.2) is 4.98 Å². The molecule has 0 aliphatic heterocycles. The van der Waals surface area contributed by atoms with Gasteiger partial charge in [-0.15, -0.1) is 0 Å². The highest BCUT2D eigenvalue weighted by Crippen LogP contribution is 2.26. The number of benzene rings is 1. The lowest BCUT2D eigenvalue weighted by molar-refractivity contribution is 0.410. The van der Waals surface area contributed by atoms with Gasteiger partial charge in [-0.1, -0.05) is 22.0 Å². The van der Waals surface area contributed by atoms with Gasteiger partial charge in [0, 0.05) is 22.7 Å². The molecule has 3 aromatic rings. The summed E-state index contributed by atoms with van der Waals surface area (Å²) in [6.45, 7) is 4.05. The van der Waals surface area contributed by atoms with Crippen LogP contribution in [-0.4, -0.2) is 16.5 Å². The molecule has 3 rings (SSSR count). The zero-order chi connectivity index (χ0) is 14.1. The van der Waals surface area contributed by atoms with E-state index in [-0.39, 0.29) is 0 Å². The van der Waals surface area contributed by atoms with Gasteiger partial charge in [-0.3, -0.25) is 0 Å². The average Bonchev–Trinajstić information content (AvgIpc) is 2.76. The second-order valence-electron chi connectivity index (χ2n) is 4.57. The van der Waals surface area contributed by atoms with Gasteiger partial charge in [0.05, 0.1) is 18.5 Å². The molecule has 0 atom stereocenters. The van der Waals surface area contributed by atoms with Gasteiger partial charge in [0.25, 0.3) is 0 Å². The SMILES string of the molecule is [CH2]c1nc2ccccn2c1Cc1cc(Br)ccc1OC. The molecule has 0 fully saturated rings. The molecule has 101 valence electrons. The van der Waals surface area contributed by atoms with Crippen molar-refractivity contribution in [2.24, 2.45) is 0 Å². The number of hydrogen-bond acceptors (Lipinski definition) is 2. The number of imidazole rings is 1. The van der Waals surface area contributed by atoms with Crippen molar-refractivity contribution >= 4 is 21.6 Å². The van der Waals surface area contributed by atoms with Crippen LogP contribution >= 0.6 is 15.9 Å². The number of aromatic nitrogens is 2. The molecule has 2 heterocycles. The Labute approximate surface area is 126 Å². The zero-order valence-electron chi connectivity index (χ0n) is 11.1. The fourth-order valence-corrected chi connectivity index (χ4v) is 2.76. The van der Waals surface area contributed by atoms with Gasteiger partial charge in [0.2, 0.25) is 0 Å². The normalized spacial score (nSPS) is 10.9. The lowest BCUT2D eigenvalue weighted by Gasteiger charge is -2.09. The van der Waals surface area contributed by atoms with E-state index < -0.39 is 0 Å². The molecule has 0 saturated carbocycles. The van der Waals surface area contributed by atoms with Crippen molar-refractivity contribution in [3.8, 4) is 5.75 Å². The number of ether oxygens (including phenoxy) is 1. The smallest absolute Gasteiger partial charge is 0.137 e. The summed E-state index contributed by atoms with van der Waals surface area (Å²) in [5.74, 6) is 0.874. The van der Waals surface area contributed by atoms with E-state index >= 15 is 0 Å². The molecule has 0 bridgehead atoms. The van der Waals surface area contributed by atoms with E-state index in [1.165, 1.54) is 0 Å². The van der Waals surface area contributed by atoms with E-state index in [2.05, 4.69) is 38.3 Å². The van der Waals surface area contributed by atoms with Crippen LogP contribution in [-0.2, 0) is 6.42 Å². The van der Waals surface area contributed by atoms with Crippen molar-refractivity contribution in [3.05, 3.63) is 70.9 Å². The first kappa shape index (κ1) is 13.2. The first-order chi connectivity index (χ1) is 9.69. The molecule has 0 N–H and O–H groups in total. The molecule has 1 aromatic carbocycles. The Balaban J connectivity index is 2.09. The van der Waals surface area contributed by atoms with Gasteiger partial charge in [0.1, 0.15) is 11.4 Å². The third-order valence-electron chi connectivity index (χ3n) is 3.31. The monoisotopic (exact) mass is 329 g/mol. The lowest BCUT2D eigenvalue weighted by atomic mass is 10.1. The Morgan fingerprint density at radius 1 is 1.30 bits per heavy atom. The summed E-state index contributed by atoms with van der Waals surface area (Å²) in [7, 11) is 1.69. The highest BCUT2D eigenvalue weighted by molar-refractivity contribution is 9.10. The van der Waals surface area contributed by atoms with Crippen LogP contribution in [0.2, 0.25) is 0 Å². The van der Waals surface area contributed by atoms with Crippen LogP contribution in [0.15, 0.2) is 47.1 Å². The zero-order valence-corrected chi connectivity index (χ0v) is 12.7. The Kier molecular flexibility index (Phi) is 3.49. The van der Waals surface area contributed by atoms with E-state index in [0.29, 0.717) is 0 Å². The number of rotatable bonds is 3. The van der Waals surface area contributed by atoms with E-state index in [1.54, 1.807) is 7.11 Å². The van der Waals surface area contributed by atoms with E-state index in [9.17, 15) is 0 Å². The Morgan fingerprint density at radius 3 is 2.95 bits per heavy atom. The summed E-state index contributed by atoms with van der Waals surface area (Å²) in [6.07, 6.45) is 2.74. The highest BCUT2D eigenvalue weighted by atomic mass is 79.9. The molecule has 3 nitrogen and oxygen atoms in total. The van der Waals surface area contributed by atoms with E-state index in [4.69, 9.17) is 4.74 Å². The Bertz CT molecular complexity index is 764. The van der Waals surface area contributed by atoms with Crippen molar-refractivity contribution in [1.82, 2.24) is 9.38 Å². The van der Waals surface area contributed by atoms with Crippen molar-refractivity contribution in [1.29, 1.82) is 0 Å². The second kappa shape index (κ2) is 5.29. The summed E-state index contributed by atoms with van der Waals surface area (Å²) in [4.78, 5) is 4.49. The van der Waals surface area contributed by atoms with Gasteiger partial charge >= 0.3 is 0 Å². The van der Waals surface area contributed by atoms with Crippen LogP contribution < -0.4 is 4.74 Å². The Morgan fingerprint density at radius 2 is 2.15 bits per heavy atom. The molecule has 0 aliphatic carbocycles. The maximum Gasteiger partial charge on any atom is 0.137 e. The Hall–Kier alpha value is -1.81. The topological polar surface area (TPSA) is 26.5 Å². The number of nitrogens with zero attached hydrogens (tertiary/aromatic N) is 2. The minimum atomic E-state index is 0.729. The van der Waals surface area contributed by atoms with Crippen molar-refractivity contribution in [3.63, 3.8) is 0 Å². The molecule has 0 saturated heterocycles. The van der Waals surface area contributed by atoms with Crippen LogP contribution in [0.25, 0.3) is 5.65 Å². The third-order valence-corrected chi connectivity index (χ3v) is 3.81. The number of halogens is 1. The van der Waals surface area contributed by atoms with Crippen molar-refractivity contribution in [2.45, 2.75) is 6.42 Å². The molecule has 0 spiro atoms. The third kappa shape index (κ3) is 2.31. The first-order valence-corrected chi connectivity index (χ1v) is 7.08. The molecule has 20 heavy (non-hydrogen) atoms. The van der Waals surface area contributed by atoms with Crippen LogP contribution in [0.5, 0.6) is 5.75 Å². The minimum absolute atomic E-state index is 0.729. The van der Waals surface area contributed by atoms with Crippen LogP contribution in [0.3, 0.4) is 0 Å². The molecule has 0 amide bonds. The summed E-state index contributed by atoms with van der Waals surface area (Å²) in [6, 6.07) is 12.0. The summed E-state index contributed by atoms with van der Waals surface area (Å²) in [5.41, 5.74) is 3.91. The first-order valence-electron chi connectivity index (χ1n) is 6.29. The van der Waals surface area contributed by atoms with Crippen molar-refractivity contribution in [2.75, 3.05) is 7.11 Å². The predicted octanol–water partition coefficient (Wildman–Crippen LogP) is 3.88. The van der Waals surface area contributed by atoms with Crippen LogP contribution in [0.1, 0.15) is 17.0 Å². The summed E-state index contributed by atoms with van der Waals surface area (Å²) < 4.78 is 8.54. The maximum absolute atomic E-state index is 5.43. The predicted molar refractivity (Wildman–Crippen MR) is 83.2 cm³/mol. The average molecular weight is 330 g/mol. The second-order valence-corrected chi connectivity index (χ2v) is 5.48. The molecule has 0 unspecified atom stereocenters. The quantitative estimate of drug-likeness (QED) is 0.729. The maximum atomic E-state index is 5.43. The standard InChI is InChI=1S/C16H14BrN2O/c1-11-14(19-8-4-3-5-16(19)18-11)10-12-9-13(17)6-7-15(12)20-2/h3-9H,1,10H2,2H3. The van der Waals surface area contributed by atoms with Gasteiger partial charge in [-0.05, 0) is 37.3 Å². The molecule has 4 heteroatoms. The molecule has 0 aliphatic rings. The minimum Gasteiger partial charge on any atom is -0.496 e. The molecular formula is C16H14BrN2O. The van der Waals surface area contributed by atoms with Gasteiger partial charge < -0.3 is 9.14 Å². The number of methoxy groups -OCH3 is 1. The fourth-order valence-electron chi connectivity index (χ4n) is 2.35. The number of hydrogen-bond donors (Lipinski definition) is 0. The molecule has 1 radical (unpaired) electrons. The summed E-state index contributed by atoms with van der Waals surface area (Å²) >= 11 is 3.50. The molecule has 2 aromatic heterocycles. The fraction of sp³-hybridized carbons (Fsp3) is 0.125. The van der Waals surface area contributed by atoms with Gasteiger partial charge in [0.15, 0.2) is 0 Å². The highest BCUT2D eigenvalue weighted by Gasteiger charge is 2.12. The summed E-state index contributed by atoms with van der Waals surface area (Å²) in [5, 5.41) is 0. The van der Waals surface area contributed by atoms with Crippen molar-refractivity contribution < 1.29 is 4.74 Å². The molecular weight excluding hydrogens is 316 g/mol. The number of fused-ring (bicyclic) bond motifs is 1. The van der Waals surface area contributed by atoms with E-state index in [1.807, 2.05) is 36.5 Å². The van der Waals surface area contributed by atoms with Gasteiger partial charge in [-0.2, -0.15) is 0 Å². The van der Waals surface area contributed by atoms with Crippen LogP contribution in [0.4, 0.5) is 0 Å². The lowest BCUT2D eigenvalue weighted by Crippen LogP contribution is -1.99. The van der Waals surface area contributed by atoms with Crippen LogP contribution in [0, 0.1) is 6.92 Å².